The molecule has 0 aromatic heterocycles. The topological polar surface area (TPSA) is 44.8 Å². The molecule has 0 N–H and O–H groups in total. The third-order valence-corrected chi connectivity index (χ3v) is 15.3. The van der Waals surface area contributed by atoms with Gasteiger partial charge >= 0.3 is 5.97 Å². The lowest BCUT2D eigenvalue weighted by molar-refractivity contribution is -0.179. The van der Waals surface area contributed by atoms with Crippen molar-refractivity contribution >= 4 is 12.0 Å². The minimum absolute atomic E-state index is 0.00958. The molecule has 1 aromatic carbocycles. The Morgan fingerprint density at radius 3 is 2.27 bits per heavy atom. The van der Waals surface area contributed by atoms with E-state index in [2.05, 4.69) is 48.5 Å². The Morgan fingerprint density at radius 1 is 0.844 bits per heavy atom. The first kappa shape index (κ1) is 33.0. The van der Waals surface area contributed by atoms with Gasteiger partial charge < -0.3 is 14.2 Å². The molecule has 4 heteroatoms. The number of rotatable bonds is 10. The van der Waals surface area contributed by atoms with Gasteiger partial charge in [-0.3, -0.25) is 0 Å². The Kier molecular flexibility index (Phi) is 8.51. The van der Waals surface area contributed by atoms with Crippen molar-refractivity contribution in [2.75, 3.05) is 14.2 Å². The van der Waals surface area contributed by atoms with Crippen LogP contribution >= 0.6 is 0 Å². The van der Waals surface area contributed by atoms with Gasteiger partial charge in [-0.2, -0.15) is 0 Å². The normalized spacial score (nSPS) is 40.2. The Labute approximate surface area is 274 Å². The second-order valence-corrected chi connectivity index (χ2v) is 17.7. The van der Waals surface area contributed by atoms with Crippen LogP contribution in [0.1, 0.15) is 131 Å². The van der Waals surface area contributed by atoms with Crippen LogP contribution in [0.15, 0.2) is 24.3 Å². The highest BCUT2D eigenvalue weighted by atomic mass is 16.5. The van der Waals surface area contributed by atoms with E-state index in [0.29, 0.717) is 39.1 Å². The van der Waals surface area contributed by atoms with Crippen molar-refractivity contribution in [1.82, 2.24) is 0 Å². The summed E-state index contributed by atoms with van der Waals surface area (Å²) in [6, 6.07) is 5.68. The molecular formula is C41H62O4. The molecule has 0 radical (unpaired) electrons. The van der Waals surface area contributed by atoms with Gasteiger partial charge in [-0.25, -0.2) is 4.79 Å². The molecular weight excluding hydrogens is 556 g/mol. The Balaban J connectivity index is 1.14. The second-order valence-electron chi connectivity index (χ2n) is 17.7. The first-order chi connectivity index (χ1) is 21.3. The smallest absolute Gasteiger partial charge is 0.331 e. The molecule has 250 valence electrons. The Bertz CT molecular complexity index is 1300. The fraction of sp³-hybridized carbons (Fsp3) is 0.780. The molecule has 2 spiro atoms. The molecule has 4 nitrogen and oxygen atoms in total. The molecule has 0 aliphatic heterocycles. The monoisotopic (exact) mass is 618 g/mol. The summed E-state index contributed by atoms with van der Waals surface area (Å²) < 4.78 is 17.1. The second kappa shape index (κ2) is 11.6. The Hall–Kier alpha value is -1.97. The van der Waals surface area contributed by atoms with Crippen molar-refractivity contribution in [3.05, 3.63) is 29.8 Å². The zero-order valence-electron chi connectivity index (χ0n) is 30.0. The first-order valence-corrected chi connectivity index (χ1v) is 18.4. The number of carbonyl (C=O) groups is 1. The fourth-order valence-electron chi connectivity index (χ4n) is 12.8. The third kappa shape index (κ3) is 5.00. The minimum Gasteiger partial charge on any atom is -0.493 e. The number of hydrogen-bond acceptors (Lipinski definition) is 4. The van der Waals surface area contributed by atoms with Crippen LogP contribution in [-0.4, -0.2) is 26.3 Å². The number of hydrogen-bond donors (Lipinski definition) is 0. The largest absolute Gasteiger partial charge is 0.493 e. The van der Waals surface area contributed by atoms with E-state index in [1.54, 1.807) is 20.3 Å². The van der Waals surface area contributed by atoms with E-state index in [9.17, 15) is 4.79 Å². The molecule has 5 saturated carbocycles. The van der Waals surface area contributed by atoms with Gasteiger partial charge in [0.1, 0.15) is 6.10 Å². The molecule has 5 fully saturated rings. The molecule has 0 saturated heterocycles. The van der Waals surface area contributed by atoms with Gasteiger partial charge in [0.05, 0.1) is 14.2 Å². The van der Waals surface area contributed by atoms with Crippen LogP contribution in [0.3, 0.4) is 0 Å². The summed E-state index contributed by atoms with van der Waals surface area (Å²) >= 11 is 0. The van der Waals surface area contributed by atoms with Crippen LogP contribution in [0.25, 0.3) is 6.08 Å². The van der Waals surface area contributed by atoms with E-state index in [0.717, 1.165) is 35.7 Å². The molecule has 9 unspecified atom stereocenters. The van der Waals surface area contributed by atoms with Gasteiger partial charge in [-0.15, -0.1) is 0 Å². The quantitative estimate of drug-likeness (QED) is 0.193. The maximum absolute atomic E-state index is 13.1. The van der Waals surface area contributed by atoms with Crippen LogP contribution in [0.2, 0.25) is 0 Å². The molecule has 5 aliphatic rings. The maximum atomic E-state index is 13.1. The number of methoxy groups -OCH3 is 2. The highest BCUT2D eigenvalue weighted by Gasteiger charge is 2.82. The van der Waals surface area contributed by atoms with Gasteiger partial charge in [0.15, 0.2) is 11.5 Å². The fourth-order valence-corrected chi connectivity index (χ4v) is 12.8. The molecule has 0 bridgehead atoms. The molecule has 5 aliphatic carbocycles. The van der Waals surface area contributed by atoms with E-state index in [1.807, 2.05) is 24.3 Å². The summed E-state index contributed by atoms with van der Waals surface area (Å²) in [6.45, 7) is 17.6. The SMILES string of the molecule is COc1ccc(/C=C/C(=O)OC2CCC34CC35CCC3(C)C(C(C)CCCC(C)C)CCC3(C)C5CCC4C2(C)C)cc1OC. The highest BCUT2D eigenvalue weighted by Crippen LogP contribution is 2.89. The van der Waals surface area contributed by atoms with Crippen molar-refractivity contribution in [2.24, 2.45) is 56.7 Å². The molecule has 6 rings (SSSR count). The van der Waals surface area contributed by atoms with E-state index in [-0.39, 0.29) is 17.5 Å². The number of esters is 1. The van der Waals surface area contributed by atoms with Crippen molar-refractivity contribution in [1.29, 1.82) is 0 Å². The summed E-state index contributed by atoms with van der Waals surface area (Å²) in [5, 5.41) is 0. The molecule has 0 heterocycles. The lowest BCUT2D eigenvalue weighted by atomic mass is 9.41. The summed E-state index contributed by atoms with van der Waals surface area (Å²) in [5.41, 5.74) is 2.83. The zero-order chi connectivity index (χ0) is 32.4. The average molecular weight is 619 g/mol. The van der Waals surface area contributed by atoms with Crippen LogP contribution < -0.4 is 9.47 Å². The number of benzene rings is 1. The zero-order valence-corrected chi connectivity index (χ0v) is 30.0. The van der Waals surface area contributed by atoms with Crippen molar-refractivity contribution in [3.63, 3.8) is 0 Å². The lowest BCUT2D eigenvalue weighted by Gasteiger charge is -2.63. The average Bonchev–Trinajstić information content (AvgIpc) is 3.58. The van der Waals surface area contributed by atoms with Gasteiger partial charge in [0, 0.05) is 11.5 Å². The van der Waals surface area contributed by atoms with Gasteiger partial charge in [0.25, 0.3) is 0 Å². The van der Waals surface area contributed by atoms with E-state index >= 15 is 0 Å². The van der Waals surface area contributed by atoms with E-state index < -0.39 is 0 Å². The summed E-state index contributed by atoms with van der Waals surface area (Å²) in [5.74, 6) is 5.16. The molecule has 0 amide bonds. The van der Waals surface area contributed by atoms with Crippen LogP contribution in [-0.2, 0) is 9.53 Å². The third-order valence-electron chi connectivity index (χ3n) is 15.3. The first-order valence-electron chi connectivity index (χ1n) is 18.4. The maximum Gasteiger partial charge on any atom is 0.331 e. The highest BCUT2D eigenvalue weighted by molar-refractivity contribution is 5.87. The van der Waals surface area contributed by atoms with E-state index in [1.165, 1.54) is 70.6 Å². The van der Waals surface area contributed by atoms with E-state index in [4.69, 9.17) is 14.2 Å². The van der Waals surface area contributed by atoms with Gasteiger partial charge in [-0.1, -0.05) is 73.8 Å². The molecule has 1 aromatic rings. The lowest BCUT2D eigenvalue weighted by Crippen LogP contribution is -2.58. The van der Waals surface area contributed by atoms with Crippen molar-refractivity contribution in [2.45, 2.75) is 132 Å². The van der Waals surface area contributed by atoms with Crippen molar-refractivity contribution < 1.29 is 19.0 Å². The number of ether oxygens (including phenoxy) is 3. The predicted octanol–water partition coefficient (Wildman–Crippen LogP) is 10.5. The summed E-state index contributed by atoms with van der Waals surface area (Å²) in [4.78, 5) is 13.1. The Morgan fingerprint density at radius 2 is 1.56 bits per heavy atom. The summed E-state index contributed by atoms with van der Waals surface area (Å²) in [7, 11) is 3.26. The van der Waals surface area contributed by atoms with Crippen LogP contribution in [0.5, 0.6) is 11.5 Å². The predicted molar refractivity (Wildman–Crippen MR) is 183 cm³/mol. The minimum atomic E-state index is -0.238. The standard InChI is InChI=1S/C41H62O4/c1-27(2)11-10-12-28(3)30-19-21-39(7)34-17-16-33-37(4,5)35(20-22-40(33)26-41(34,40)24-23-38(30,39)6)45-36(42)18-14-29-13-15-31(43-8)32(25-29)44-9/h13-15,18,25,27-28,30,33-35H,10-12,16-17,19-24,26H2,1-9H3/b18-14+. The van der Waals surface area contributed by atoms with Crippen LogP contribution in [0.4, 0.5) is 0 Å². The van der Waals surface area contributed by atoms with Crippen molar-refractivity contribution in [3.8, 4) is 11.5 Å². The number of carbonyl (C=O) groups excluding carboxylic acids is 1. The molecule has 9 atom stereocenters. The van der Waals surface area contributed by atoms with Gasteiger partial charge in [0.2, 0.25) is 0 Å². The molecule has 45 heavy (non-hydrogen) atoms. The van der Waals surface area contributed by atoms with Gasteiger partial charge in [-0.05, 0) is 133 Å². The van der Waals surface area contributed by atoms with Crippen LogP contribution in [0, 0.1) is 56.7 Å². The number of fused-ring (bicyclic) bond motifs is 2. The summed E-state index contributed by atoms with van der Waals surface area (Å²) in [6.07, 6.45) is 19.6.